The van der Waals surface area contributed by atoms with Crippen LogP contribution >= 0.6 is 23.2 Å². The van der Waals surface area contributed by atoms with Crippen LogP contribution in [-0.2, 0) is 4.89 Å². The van der Waals surface area contributed by atoms with Crippen molar-refractivity contribution in [2.75, 3.05) is 0 Å². The third kappa shape index (κ3) is 1.07. The van der Waals surface area contributed by atoms with Crippen LogP contribution in [0.25, 0.3) is 0 Å². The standard InChI is InChI=1S/C7H4Cl2O2/c8-4-2-1-3-5-6(4)7(9)11-10-5/h1-3,7H. The van der Waals surface area contributed by atoms with E-state index in [1.165, 1.54) is 0 Å². The van der Waals surface area contributed by atoms with Gasteiger partial charge in [-0.3, -0.25) is 0 Å². The first-order chi connectivity index (χ1) is 5.29. The third-order valence-corrected chi connectivity index (χ3v) is 2.08. The van der Waals surface area contributed by atoms with E-state index < -0.39 is 5.56 Å². The molecule has 1 aromatic carbocycles. The number of alkyl halides is 1. The van der Waals surface area contributed by atoms with Gasteiger partial charge >= 0.3 is 0 Å². The Kier molecular flexibility index (Phi) is 1.68. The summed E-state index contributed by atoms with van der Waals surface area (Å²) >= 11 is 11.5. The van der Waals surface area contributed by atoms with Crippen molar-refractivity contribution in [3.8, 4) is 5.75 Å². The highest BCUT2D eigenvalue weighted by Gasteiger charge is 2.26. The van der Waals surface area contributed by atoms with Crippen molar-refractivity contribution < 1.29 is 9.78 Å². The van der Waals surface area contributed by atoms with Crippen LogP contribution in [0.1, 0.15) is 11.1 Å². The van der Waals surface area contributed by atoms with Crippen molar-refractivity contribution in [3.63, 3.8) is 0 Å². The Morgan fingerprint density at radius 1 is 1.36 bits per heavy atom. The minimum atomic E-state index is -0.585. The molecule has 1 aliphatic rings. The molecule has 1 aliphatic heterocycles. The van der Waals surface area contributed by atoms with Crippen LogP contribution in [0.5, 0.6) is 5.75 Å². The maximum absolute atomic E-state index is 5.82. The van der Waals surface area contributed by atoms with E-state index in [1.807, 2.05) is 0 Å². The number of fused-ring (bicyclic) bond motifs is 1. The van der Waals surface area contributed by atoms with E-state index in [0.717, 1.165) is 0 Å². The highest BCUT2D eigenvalue weighted by molar-refractivity contribution is 6.33. The van der Waals surface area contributed by atoms with Crippen molar-refractivity contribution in [1.29, 1.82) is 0 Å². The number of hydrogen-bond donors (Lipinski definition) is 0. The number of halogens is 2. The average Bonchev–Trinajstić information content (AvgIpc) is 2.34. The molecule has 0 radical (unpaired) electrons. The van der Waals surface area contributed by atoms with E-state index in [-0.39, 0.29) is 0 Å². The Morgan fingerprint density at radius 3 is 2.91 bits per heavy atom. The Bertz CT molecular complexity index is 288. The van der Waals surface area contributed by atoms with E-state index in [0.29, 0.717) is 16.3 Å². The van der Waals surface area contributed by atoms with E-state index in [9.17, 15) is 0 Å². The summed E-state index contributed by atoms with van der Waals surface area (Å²) in [4.78, 5) is 9.46. The SMILES string of the molecule is Clc1cccc2c1C(Cl)OO2. The first-order valence-electron chi connectivity index (χ1n) is 3.05. The second-order valence-electron chi connectivity index (χ2n) is 2.15. The monoisotopic (exact) mass is 190 g/mol. The van der Waals surface area contributed by atoms with E-state index >= 15 is 0 Å². The maximum atomic E-state index is 5.82. The zero-order valence-electron chi connectivity index (χ0n) is 5.38. The van der Waals surface area contributed by atoms with Crippen molar-refractivity contribution >= 4 is 23.2 Å². The fourth-order valence-corrected chi connectivity index (χ4v) is 1.53. The maximum Gasteiger partial charge on any atom is 0.208 e. The first-order valence-corrected chi connectivity index (χ1v) is 3.86. The van der Waals surface area contributed by atoms with Gasteiger partial charge in [0.05, 0.1) is 10.6 Å². The van der Waals surface area contributed by atoms with Gasteiger partial charge in [0.25, 0.3) is 0 Å². The molecule has 1 aromatic rings. The van der Waals surface area contributed by atoms with Crippen LogP contribution in [0.4, 0.5) is 0 Å². The molecule has 1 heterocycles. The summed E-state index contributed by atoms with van der Waals surface area (Å²) in [5, 5.41) is 0.569. The molecule has 2 rings (SSSR count). The summed E-state index contributed by atoms with van der Waals surface area (Å²) in [5.74, 6) is 0.595. The second kappa shape index (κ2) is 2.55. The Hall–Kier alpha value is -0.440. The van der Waals surface area contributed by atoms with Gasteiger partial charge in [-0.1, -0.05) is 29.3 Å². The third-order valence-electron chi connectivity index (χ3n) is 1.46. The Balaban J connectivity index is 2.58. The molecule has 0 saturated heterocycles. The van der Waals surface area contributed by atoms with Crippen LogP contribution in [0.15, 0.2) is 18.2 Å². The molecular weight excluding hydrogens is 187 g/mol. The molecule has 0 amide bonds. The minimum Gasteiger partial charge on any atom is -0.335 e. The summed E-state index contributed by atoms with van der Waals surface area (Å²) in [5.41, 5.74) is 0.120. The quantitative estimate of drug-likeness (QED) is 0.463. The smallest absolute Gasteiger partial charge is 0.208 e. The van der Waals surface area contributed by atoms with Crippen LogP contribution in [0.2, 0.25) is 5.02 Å². The van der Waals surface area contributed by atoms with E-state index in [2.05, 4.69) is 4.89 Å². The van der Waals surface area contributed by atoms with Crippen molar-refractivity contribution in [3.05, 3.63) is 28.8 Å². The summed E-state index contributed by atoms with van der Waals surface area (Å²) in [6, 6.07) is 5.27. The number of hydrogen-bond acceptors (Lipinski definition) is 2. The van der Waals surface area contributed by atoms with Crippen molar-refractivity contribution in [1.82, 2.24) is 0 Å². The topological polar surface area (TPSA) is 18.5 Å². The molecule has 4 heteroatoms. The van der Waals surface area contributed by atoms with Gasteiger partial charge in [0.15, 0.2) is 5.75 Å². The molecule has 2 nitrogen and oxygen atoms in total. The van der Waals surface area contributed by atoms with Crippen LogP contribution in [0, 0.1) is 0 Å². The first kappa shape index (κ1) is 7.22. The highest BCUT2D eigenvalue weighted by atomic mass is 35.5. The Labute approximate surface area is 73.6 Å². The van der Waals surface area contributed by atoms with Gasteiger partial charge in [-0.2, -0.15) is 4.89 Å². The van der Waals surface area contributed by atoms with E-state index in [1.54, 1.807) is 18.2 Å². The molecule has 1 atom stereocenters. The highest BCUT2D eigenvalue weighted by Crippen LogP contribution is 2.41. The zero-order chi connectivity index (χ0) is 7.84. The number of rotatable bonds is 0. The van der Waals surface area contributed by atoms with Crippen molar-refractivity contribution in [2.24, 2.45) is 0 Å². The molecule has 0 spiro atoms. The van der Waals surface area contributed by atoms with Gasteiger partial charge in [0, 0.05) is 0 Å². The van der Waals surface area contributed by atoms with E-state index in [4.69, 9.17) is 28.1 Å². The lowest BCUT2D eigenvalue weighted by atomic mass is 10.2. The largest absolute Gasteiger partial charge is 0.335 e. The van der Waals surface area contributed by atoms with Crippen molar-refractivity contribution in [2.45, 2.75) is 5.56 Å². The van der Waals surface area contributed by atoms with Gasteiger partial charge in [0.2, 0.25) is 5.56 Å². The number of benzene rings is 1. The van der Waals surface area contributed by atoms with Gasteiger partial charge in [0.1, 0.15) is 0 Å². The average molecular weight is 191 g/mol. The Morgan fingerprint density at radius 2 is 2.18 bits per heavy atom. The molecule has 58 valence electrons. The molecule has 0 aromatic heterocycles. The zero-order valence-corrected chi connectivity index (χ0v) is 6.89. The fourth-order valence-electron chi connectivity index (χ4n) is 0.952. The lowest BCUT2D eigenvalue weighted by Crippen LogP contribution is -1.86. The predicted molar refractivity (Wildman–Crippen MR) is 41.8 cm³/mol. The van der Waals surface area contributed by atoms with Gasteiger partial charge in [-0.05, 0) is 12.1 Å². The molecule has 0 aliphatic carbocycles. The summed E-state index contributed by atoms with van der Waals surface area (Å²) in [6.45, 7) is 0. The molecule has 1 unspecified atom stereocenters. The summed E-state index contributed by atoms with van der Waals surface area (Å²) < 4.78 is 0. The molecule has 0 saturated carbocycles. The molecule has 11 heavy (non-hydrogen) atoms. The second-order valence-corrected chi connectivity index (χ2v) is 2.95. The minimum absolute atomic E-state index is 0.569. The van der Waals surface area contributed by atoms with Gasteiger partial charge < -0.3 is 4.89 Å². The van der Waals surface area contributed by atoms with Gasteiger partial charge in [-0.25, -0.2) is 0 Å². The predicted octanol–water partition coefficient (Wildman–Crippen LogP) is 2.90. The molecule has 0 bridgehead atoms. The molecule has 0 fully saturated rings. The molecular formula is C7H4Cl2O2. The van der Waals surface area contributed by atoms with Crippen LogP contribution in [-0.4, -0.2) is 0 Å². The van der Waals surface area contributed by atoms with Crippen LogP contribution in [0.3, 0.4) is 0 Å². The van der Waals surface area contributed by atoms with Gasteiger partial charge in [-0.15, -0.1) is 0 Å². The lowest BCUT2D eigenvalue weighted by Gasteiger charge is -1.96. The summed E-state index contributed by atoms with van der Waals surface area (Å²) in [7, 11) is 0. The normalized spacial score (nSPS) is 21.1. The summed E-state index contributed by atoms with van der Waals surface area (Å²) in [6.07, 6.45) is 0. The lowest BCUT2D eigenvalue weighted by molar-refractivity contribution is -0.200. The van der Waals surface area contributed by atoms with Crippen LogP contribution < -0.4 is 4.89 Å². The molecule has 0 N–H and O–H groups in total. The fraction of sp³-hybridized carbons (Fsp3) is 0.143.